The van der Waals surface area contributed by atoms with Gasteiger partial charge >= 0.3 is 0 Å². The number of primary amides is 1. The van der Waals surface area contributed by atoms with Crippen molar-refractivity contribution < 1.29 is 9.53 Å². The topological polar surface area (TPSA) is 103 Å². The predicted molar refractivity (Wildman–Crippen MR) is 66.5 cm³/mol. The van der Waals surface area contributed by atoms with Crippen molar-refractivity contribution in [3.8, 4) is 0 Å². The van der Waals surface area contributed by atoms with E-state index >= 15 is 0 Å². The maximum absolute atomic E-state index is 10.9. The van der Waals surface area contributed by atoms with E-state index in [0.717, 1.165) is 6.42 Å². The van der Waals surface area contributed by atoms with E-state index in [1.54, 1.807) is 0 Å². The molecule has 1 heterocycles. The van der Waals surface area contributed by atoms with Crippen LogP contribution in [-0.4, -0.2) is 36.2 Å². The van der Waals surface area contributed by atoms with Gasteiger partial charge in [0.05, 0.1) is 12.6 Å². The minimum atomic E-state index is -0.466. The highest BCUT2D eigenvalue weighted by Crippen LogP contribution is 2.19. The summed E-state index contributed by atoms with van der Waals surface area (Å²) in [7, 11) is 0. The molecule has 17 heavy (non-hydrogen) atoms. The van der Waals surface area contributed by atoms with Crippen molar-refractivity contribution >= 4 is 11.9 Å². The Morgan fingerprint density at radius 3 is 2.53 bits per heavy atom. The summed E-state index contributed by atoms with van der Waals surface area (Å²) in [6, 6.07) is 0. The quantitative estimate of drug-likeness (QED) is 0.468. The first kappa shape index (κ1) is 13.8. The van der Waals surface area contributed by atoms with Crippen molar-refractivity contribution in [3.63, 3.8) is 0 Å². The second-order valence-corrected chi connectivity index (χ2v) is 5.33. The molecule has 6 heteroatoms. The second kappa shape index (κ2) is 5.35. The van der Waals surface area contributed by atoms with E-state index in [4.69, 9.17) is 16.2 Å². The number of aliphatic imine (C=N–C) groups is 1. The molecule has 0 spiro atoms. The fourth-order valence-corrected chi connectivity index (χ4v) is 1.67. The summed E-state index contributed by atoms with van der Waals surface area (Å²) in [4.78, 5) is 15.1. The molecule has 1 aliphatic rings. The SMILES string of the molecule is CC(C)(C)NC(N)=NCC1CCC(C(N)=O)O1. The van der Waals surface area contributed by atoms with Gasteiger partial charge in [-0.05, 0) is 33.6 Å². The molecule has 5 N–H and O–H groups in total. The van der Waals surface area contributed by atoms with Crippen LogP contribution in [-0.2, 0) is 9.53 Å². The molecule has 0 aromatic heterocycles. The van der Waals surface area contributed by atoms with Crippen LogP contribution in [0.1, 0.15) is 33.6 Å². The number of carbonyl (C=O) groups excluding carboxylic acids is 1. The molecule has 2 unspecified atom stereocenters. The summed E-state index contributed by atoms with van der Waals surface area (Å²) in [6.07, 6.45) is 0.932. The summed E-state index contributed by atoms with van der Waals surface area (Å²) in [5.74, 6) is -0.0131. The molecule has 1 saturated heterocycles. The zero-order valence-electron chi connectivity index (χ0n) is 10.7. The first-order valence-corrected chi connectivity index (χ1v) is 5.81. The molecule has 0 aromatic carbocycles. The second-order valence-electron chi connectivity index (χ2n) is 5.33. The van der Waals surface area contributed by atoms with E-state index in [2.05, 4.69) is 10.3 Å². The molecule has 0 saturated carbocycles. The Bertz CT molecular complexity index is 309. The highest BCUT2D eigenvalue weighted by Gasteiger charge is 2.28. The Hall–Kier alpha value is -1.30. The summed E-state index contributed by atoms with van der Waals surface area (Å²) >= 11 is 0. The predicted octanol–water partition coefficient (Wildman–Crippen LogP) is -0.278. The lowest BCUT2D eigenvalue weighted by Gasteiger charge is -2.21. The standard InChI is InChI=1S/C11H22N4O2/c1-11(2,3)15-10(13)14-6-7-4-5-8(17-7)9(12)16/h7-8H,4-6H2,1-3H3,(H2,12,16)(H3,13,14,15). The smallest absolute Gasteiger partial charge is 0.246 e. The van der Waals surface area contributed by atoms with Gasteiger partial charge in [-0.2, -0.15) is 0 Å². The van der Waals surface area contributed by atoms with Crippen molar-refractivity contribution in [1.82, 2.24) is 5.32 Å². The Morgan fingerprint density at radius 2 is 2.06 bits per heavy atom. The maximum atomic E-state index is 10.9. The van der Waals surface area contributed by atoms with Gasteiger partial charge in [-0.3, -0.25) is 9.79 Å². The Labute approximate surface area is 102 Å². The zero-order valence-corrected chi connectivity index (χ0v) is 10.7. The average molecular weight is 242 g/mol. The highest BCUT2D eigenvalue weighted by molar-refractivity contribution is 5.79. The number of hydrogen-bond donors (Lipinski definition) is 3. The third-order valence-electron chi connectivity index (χ3n) is 2.39. The average Bonchev–Trinajstić information content (AvgIpc) is 2.60. The van der Waals surface area contributed by atoms with Gasteiger partial charge in [0.1, 0.15) is 6.10 Å². The number of amides is 1. The number of hydrogen-bond acceptors (Lipinski definition) is 3. The third-order valence-corrected chi connectivity index (χ3v) is 2.39. The van der Waals surface area contributed by atoms with Crippen molar-refractivity contribution in [2.45, 2.75) is 51.4 Å². The van der Waals surface area contributed by atoms with Gasteiger partial charge in [0.15, 0.2) is 5.96 Å². The fourth-order valence-electron chi connectivity index (χ4n) is 1.67. The van der Waals surface area contributed by atoms with Crippen molar-refractivity contribution in [2.24, 2.45) is 16.5 Å². The lowest BCUT2D eigenvalue weighted by atomic mass is 10.1. The van der Waals surface area contributed by atoms with E-state index in [1.807, 2.05) is 20.8 Å². The van der Waals surface area contributed by atoms with Crippen LogP contribution in [0.25, 0.3) is 0 Å². The van der Waals surface area contributed by atoms with Crippen molar-refractivity contribution in [2.75, 3.05) is 6.54 Å². The molecule has 6 nitrogen and oxygen atoms in total. The number of nitrogens with one attached hydrogen (secondary N) is 1. The van der Waals surface area contributed by atoms with Gasteiger partial charge in [-0.25, -0.2) is 0 Å². The van der Waals surface area contributed by atoms with Crippen LogP contribution in [0.4, 0.5) is 0 Å². The summed E-state index contributed by atoms with van der Waals surface area (Å²) in [6.45, 7) is 6.47. The minimum Gasteiger partial charge on any atom is -0.370 e. The molecule has 0 radical (unpaired) electrons. The van der Waals surface area contributed by atoms with Crippen LogP contribution in [0.15, 0.2) is 4.99 Å². The minimum absolute atomic E-state index is 0.0622. The van der Waals surface area contributed by atoms with Crippen LogP contribution in [0.5, 0.6) is 0 Å². The van der Waals surface area contributed by atoms with Crippen molar-refractivity contribution in [1.29, 1.82) is 0 Å². The van der Waals surface area contributed by atoms with Crippen LogP contribution in [0.3, 0.4) is 0 Å². The number of nitrogens with two attached hydrogens (primary N) is 2. The molecule has 1 amide bonds. The number of carbonyl (C=O) groups is 1. The third kappa shape index (κ3) is 5.04. The Kier molecular flexibility index (Phi) is 4.34. The molecular weight excluding hydrogens is 220 g/mol. The number of guanidine groups is 1. The lowest BCUT2D eigenvalue weighted by molar-refractivity contribution is -0.128. The largest absolute Gasteiger partial charge is 0.370 e. The van der Waals surface area contributed by atoms with Crippen LogP contribution in [0.2, 0.25) is 0 Å². The van der Waals surface area contributed by atoms with Crippen molar-refractivity contribution in [3.05, 3.63) is 0 Å². The van der Waals surface area contributed by atoms with E-state index in [1.165, 1.54) is 0 Å². The highest BCUT2D eigenvalue weighted by atomic mass is 16.5. The molecule has 1 aliphatic heterocycles. The van der Waals surface area contributed by atoms with E-state index in [9.17, 15) is 4.79 Å². The van der Waals surface area contributed by atoms with E-state index < -0.39 is 12.0 Å². The van der Waals surface area contributed by atoms with Crippen LogP contribution >= 0.6 is 0 Å². The zero-order chi connectivity index (χ0) is 13.1. The first-order valence-electron chi connectivity index (χ1n) is 5.81. The normalized spacial score (nSPS) is 25.9. The Balaban J connectivity index is 2.36. The number of rotatable bonds is 3. The summed E-state index contributed by atoms with van der Waals surface area (Å²) < 4.78 is 5.44. The molecular formula is C11H22N4O2. The first-order chi connectivity index (χ1) is 7.78. The summed E-state index contributed by atoms with van der Waals surface area (Å²) in [5.41, 5.74) is 10.8. The molecule has 0 aliphatic carbocycles. The molecule has 1 rings (SSSR count). The van der Waals surface area contributed by atoms with E-state index in [-0.39, 0.29) is 11.6 Å². The molecule has 0 bridgehead atoms. The van der Waals surface area contributed by atoms with Crippen LogP contribution in [0, 0.1) is 0 Å². The lowest BCUT2D eigenvalue weighted by Crippen LogP contribution is -2.45. The van der Waals surface area contributed by atoms with Gasteiger partial charge in [-0.15, -0.1) is 0 Å². The van der Waals surface area contributed by atoms with E-state index in [0.29, 0.717) is 18.9 Å². The molecule has 2 atom stereocenters. The maximum Gasteiger partial charge on any atom is 0.246 e. The van der Waals surface area contributed by atoms with Crippen LogP contribution < -0.4 is 16.8 Å². The summed E-state index contributed by atoms with van der Waals surface area (Å²) in [5, 5.41) is 3.06. The molecule has 1 fully saturated rings. The van der Waals surface area contributed by atoms with Gasteiger partial charge < -0.3 is 21.5 Å². The number of nitrogens with zero attached hydrogens (tertiary/aromatic N) is 1. The molecule has 0 aromatic rings. The number of ether oxygens (including phenoxy) is 1. The van der Waals surface area contributed by atoms with Gasteiger partial charge in [-0.1, -0.05) is 0 Å². The van der Waals surface area contributed by atoms with Gasteiger partial charge in [0.2, 0.25) is 5.91 Å². The fraction of sp³-hybridized carbons (Fsp3) is 0.818. The monoisotopic (exact) mass is 242 g/mol. The Morgan fingerprint density at radius 1 is 1.41 bits per heavy atom. The molecule has 98 valence electrons. The van der Waals surface area contributed by atoms with Gasteiger partial charge in [0.25, 0.3) is 0 Å². The van der Waals surface area contributed by atoms with Gasteiger partial charge in [0, 0.05) is 5.54 Å².